The average molecular weight is 378 g/mol. The molecule has 0 fully saturated rings. The van der Waals surface area contributed by atoms with Gasteiger partial charge in [0.25, 0.3) is 0 Å². The van der Waals surface area contributed by atoms with Crippen molar-refractivity contribution in [2.75, 3.05) is 13.2 Å². The number of nitrogens with zero attached hydrogens (tertiary/aromatic N) is 1. The number of aromatic hydroxyl groups is 2. The van der Waals surface area contributed by atoms with Gasteiger partial charge in [-0.05, 0) is 13.8 Å². The van der Waals surface area contributed by atoms with Crippen LogP contribution >= 0.6 is 11.6 Å². The summed E-state index contributed by atoms with van der Waals surface area (Å²) in [5.41, 5.74) is 0. The molecule has 140 valence electrons. The Bertz CT molecular complexity index is 604. The molecule has 1 aromatic heterocycles. The molecule has 10 heteroatoms. The van der Waals surface area contributed by atoms with E-state index in [0.717, 1.165) is 12.1 Å². The maximum Gasteiger partial charge on any atom is 0.339 e. The summed E-state index contributed by atoms with van der Waals surface area (Å²) in [6.45, 7) is 4.41. The van der Waals surface area contributed by atoms with E-state index in [4.69, 9.17) is 25.9 Å². The van der Waals surface area contributed by atoms with Crippen LogP contribution in [-0.2, 0) is 23.9 Å². The van der Waals surface area contributed by atoms with Crippen molar-refractivity contribution >= 4 is 29.5 Å². The van der Waals surface area contributed by atoms with E-state index in [1.165, 1.54) is 20.8 Å². The lowest BCUT2D eigenvalue weighted by Crippen LogP contribution is -2.50. The monoisotopic (exact) mass is 377 g/mol. The number of hydrogen-bond donors (Lipinski definition) is 2. The molecule has 1 heterocycles. The number of carbonyl (C=O) groups is 3. The van der Waals surface area contributed by atoms with E-state index in [1.807, 2.05) is 0 Å². The fourth-order valence-corrected chi connectivity index (χ4v) is 2.17. The first-order chi connectivity index (χ1) is 11.7. The third kappa shape index (κ3) is 4.56. The second-order valence-electron chi connectivity index (χ2n) is 5.07. The van der Waals surface area contributed by atoms with Crippen molar-refractivity contribution in [3.8, 4) is 11.8 Å². The Morgan fingerprint density at radius 2 is 1.56 bits per heavy atom. The van der Waals surface area contributed by atoms with Gasteiger partial charge < -0.3 is 24.5 Å². The molecule has 0 spiro atoms. The van der Waals surface area contributed by atoms with Crippen molar-refractivity contribution < 1.29 is 38.9 Å². The molecular formula is C15H20ClNO8. The SMILES string of the molecule is CCOC(=O)C(Cl)(C(=O)OCC)C(C)CC(=O)On1c(O)ccc1O. The first-order valence-electron chi connectivity index (χ1n) is 7.52. The number of rotatable bonds is 8. The first-order valence-corrected chi connectivity index (χ1v) is 7.90. The van der Waals surface area contributed by atoms with E-state index in [9.17, 15) is 24.6 Å². The Kier molecular flexibility index (Phi) is 7.10. The van der Waals surface area contributed by atoms with Gasteiger partial charge in [0.05, 0.1) is 19.6 Å². The minimum absolute atomic E-state index is 0.0189. The second-order valence-corrected chi connectivity index (χ2v) is 5.66. The van der Waals surface area contributed by atoms with Gasteiger partial charge >= 0.3 is 17.9 Å². The van der Waals surface area contributed by atoms with E-state index >= 15 is 0 Å². The molecule has 0 aliphatic heterocycles. The Hall–Kier alpha value is -2.42. The number of hydrogen-bond acceptors (Lipinski definition) is 8. The van der Waals surface area contributed by atoms with Gasteiger partial charge in [0.15, 0.2) is 0 Å². The molecule has 0 saturated carbocycles. The smallest absolute Gasteiger partial charge is 0.339 e. The molecule has 0 bridgehead atoms. The van der Waals surface area contributed by atoms with Crippen molar-refractivity contribution in [2.45, 2.75) is 32.1 Å². The Balaban J connectivity index is 2.94. The van der Waals surface area contributed by atoms with Gasteiger partial charge in [0, 0.05) is 18.1 Å². The highest BCUT2D eigenvalue weighted by Gasteiger charge is 2.52. The molecule has 0 radical (unpaired) electrons. The van der Waals surface area contributed by atoms with Crippen LogP contribution in [0.3, 0.4) is 0 Å². The molecular weight excluding hydrogens is 358 g/mol. The van der Waals surface area contributed by atoms with Crippen LogP contribution in [-0.4, -0.2) is 50.9 Å². The van der Waals surface area contributed by atoms with E-state index in [0.29, 0.717) is 4.73 Å². The number of aromatic nitrogens is 1. The fourth-order valence-electron chi connectivity index (χ4n) is 1.98. The topological polar surface area (TPSA) is 124 Å². The summed E-state index contributed by atoms with van der Waals surface area (Å²) < 4.78 is 10.1. The number of esters is 2. The summed E-state index contributed by atoms with van der Waals surface area (Å²) in [4.78, 5) is 38.8. The van der Waals surface area contributed by atoms with Crippen LogP contribution in [0.2, 0.25) is 0 Å². The van der Waals surface area contributed by atoms with Gasteiger partial charge in [0.1, 0.15) is 0 Å². The van der Waals surface area contributed by atoms with Crippen LogP contribution < -0.4 is 4.84 Å². The van der Waals surface area contributed by atoms with Crippen molar-refractivity contribution in [2.24, 2.45) is 5.92 Å². The highest BCUT2D eigenvalue weighted by Crippen LogP contribution is 2.32. The van der Waals surface area contributed by atoms with Crippen LogP contribution in [0.4, 0.5) is 0 Å². The van der Waals surface area contributed by atoms with Gasteiger partial charge in [-0.2, -0.15) is 0 Å². The lowest BCUT2D eigenvalue weighted by atomic mass is 9.90. The van der Waals surface area contributed by atoms with Gasteiger partial charge in [-0.1, -0.05) is 18.5 Å². The van der Waals surface area contributed by atoms with Crippen LogP contribution in [0.1, 0.15) is 27.2 Å². The van der Waals surface area contributed by atoms with Crippen molar-refractivity contribution in [3.63, 3.8) is 0 Å². The highest BCUT2D eigenvalue weighted by atomic mass is 35.5. The zero-order valence-corrected chi connectivity index (χ0v) is 14.8. The lowest BCUT2D eigenvalue weighted by molar-refractivity contribution is -0.162. The summed E-state index contributed by atoms with van der Waals surface area (Å²) in [5, 5.41) is 18.9. The second kappa shape index (κ2) is 8.61. The van der Waals surface area contributed by atoms with Crippen LogP contribution in [0.25, 0.3) is 0 Å². The molecule has 1 rings (SSSR count). The third-order valence-corrected chi connectivity index (χ3v) is 3.97. The normalized spacial score (nSPS) is 12.3. The number of halogens is 1. The summed E-state index contributed by atoms with van der Waals surface area (Å²) in [6, 6.07) is 2.21. The largest absolute Gasteiger partial charge is 0.492 e. The van der Waals surface area contributed by atoms with E-state index in [1.54, 1.807) is 0 Å². The lowest BCUT2D eigenvalue weighted by Gasteiger charge is -2.28. The molecule has 0 amide bonds. The molecule has 0 saturated heterocycles. The maximum absolute atomic E-state index is 12.1. The summed E-state index contributed by atoms with van der Waals surface area (Å²) >= 11 is 6.17. The van der Waals surface area contributed by atoms with Crippen LogP contribution in [0.15, 0.2) is 12.1 Å². The molecule has 2 N–H and O–H groups in total. The fraction of sp³-hybridized carbons (Fsp3) is 0.533. The molecule has 1 unspecified atom stereocenters. The van der Waals surface area contributed by atoms with Crippen molar-refractivity contribution in [1.29, 1.82) is 0 Å². The zero-order chi connectivity index (χ0) is 19.2. The maximum atomic E-state index is 12.1. The Morgan fingerprint density at radius 3 is 1.96 bits per heavy atom. The summed E-state index contributed by atoms with van der Waals surface area (Å²) in [7, 11) is 0. The van der Waals surface area contributed by atoms with Crippen LogP contribution in [0, 0.1) is 5.92 Å². The van der Waals surface area contributed by atoms with E-state index in [-0.39, 0.29) is 13.2 Å². The van der Waals surface area contributed by atoms with Gasteiger partial charge in [-0.15, -0.1) is 4.73 Å². The summed E-state index contributed by atoms with van der Waals surface area (Å²) in [5.74, 6) is -5.10. The minimum Gasteiger partial charge on any atom is -0.492 e. The van der Waals surface area contributed by atoms with Crippen molar-refractivity contribution in [3.05, 3.63) is 12.1 Å². The van der Waals surface area contributed by atoms with Gasteiger partial charge in [-0.3, -0.25) is 0 Å². The average Bonchev–Trinajstić information content (AvgIpc) is 2.86. The van der Waals surface area contributed by atoms with E-state index < -0.39 is 46.9 Å². The minimum atomic E-state index is -2.23. The molecule has 9 nitrogen and oxygen atoms in total. The van der Waals surface area contributed by atoms with Gasteiger partial charge in [0.2, 0.25) is 16.6 Å². The highest BCUT2D eigenvalue weighted by molar-refractivity contribution is 6.45. The predicted molar refractivity (Wildman–Crippen MR) is 85.0 cm³/mol. The standard InChI is InChI=1S/C15H20ClNO8/c1-4-23-13(21)15(16,14(22)24-5-2)9(3)8-12(20)25-17-10(18)6-7-11(17)19/h6-7,9,18-19H,4-5,8H2,1-3H3. The molecule has 25 heavy (non-hydrogen) atoms. The third-order valence-electron chi connectivity index (χ3n) is 3.29. The summed E-state index contributed by atoms with van der Waals surface area (Å²) in [6.07, 6.45) is -0.488. The predicted octanol–water partition coefficient (Wildman–Crippen LogP) is 0.984. The molecule has 1 atom stereocenters. The molecule has 0 aliphatic carbocycles. The molecule has 0 aromatic carbocycles. The van der Waals surface area contributed by atoms with Gasteiger partial charge in [-0.25, -0.2) is 14.4 Å². The zero-order valence-electron chi connectivity index (χ0n) is 14.0. The van der Waals surface area contributed by atoms with Crippen molar-refractivity contribution in [1.82, 2.24) is 4.73 Å². The first kappa shape index (κ1) is 20.6. The number of alkyl halides is 1. The molecule has 0 aliphatic rings. The quantitative estimate of drug-likeness (QED) is 0.390. The van der Waals surface area contributed by atoms with E-state index in [2.05, 4.69) is 0 Å². The van der Waals surface area contributed by atoms with Crippen LogP contribution in [0.5, 0.6) is 11.8 Å². The number of ether oxygens (including phenoxy) is 2. The molecule has 1 aromatic rings. The Labute approximate surface area is 149 Å². The Morgan fingerprint density at radius 1 is 1.12 bits per heavy atom. The number of carbonyl (C=O) groups excluding carboxylic acids is 3.